The Bertz CT molecular complexity index is 249. The normalized spacial score (nSPS) is 10.2. The summed E-state index contributed by atoms with van der Waals surface area (Å²) in [7, 11) is 0.400. The minimum Gasteiger partial charge on any atom is -0.365 e. The second-order valence-corrected chi connectivity index (χ2v) is 3.36. The molecule has 2 heterocycles. The molecule has 0 spiro atoms. The Morgan fingerprint density at radius 1 is 1.33 bits per heavy atom. The van der Waals surface area contributed by atoms with Gasteiger partial charge in [0.2, 0.25) is 0 Å². The molecule has 2 aliphatic rings. The maximum absolute atomic E-state index is 3.22. The van der Waals surface area contributed by atoms with Gasteiger partial charge in [0.25, 0.3) is 0 Å². The predicted molar refractivity (Wildman–Crippen MR) is 40.2 cm³/mol. The summed E-state index contributed by atoms with van der Waals surface area (Å²) < 4.78 is 0. The highest BCUT2D eigenvalue weighted by atomic mass is 28.2. The molecule has 2 aliphatic heterocycles. The first kappa shape index (κ1) is 4.94. The van der Waals surface area contributed by atoms with Gasteiger partial charge in [-0.05, 0) is 11.6 Å². The van der Waals surface area contributed by atoms with Gasteiger partial charge in [0.15, 0.2) is 0 Å². The molecule has 0 radical (unpaired) electrons. The fraction of sp³-hybridized carbons (Fsp3) is 0. The van der Waals surface area contributed by atoms with E-state index in [2.05, 4.69) is 22.8 Å². The molecule has 0 amide bonds. The van der Waals surface area contributed by atoms with Gasteiger partial charge in [-0.15, -0.1) is 0 Å². The van der Waals surface area contributed by atoms with Crippen LogP contribution < -0.4 is 0 Å². The molecule has 1 nitrogen and oxygen atoms in total. The number of hydrogen-bond acceptors (Lipinski definition) is 0. The molecular formula is C7H7NSi. The number of aromatic amines is 1. The quantitative estimate of drug-likeness (QED) is 0.520. The lowest BCUT2D eigenvalue weighted by atomic mass is 10.3. The number of hydrogen-bond donors (Lipinski definition) is 1. The molecule has 0 bridgehead atoms. The van der Waals surface area contributed by atoms with Crippen LogP contribution in [0.3, 0.4) is 0 Å². The SMILES string of the molecule is c1c[nH]c2[siH]ccc-2c1. The van der Waals surface area contributed by atoms with E-state index in [4.69, 9.17) is 0 Å². The van der Waals surface area contributed by atoms with E-state index in [1.54, 1.807) is 0 Å². The molecule has 0 atom stereocenters. The van der Waals surface area contributed by atoms with Gasteiger partial charge < -0.3 is 4.98 Å². The van der Waals surface area contributed by atoms with Crippen molar-refractivity contribution in [3.05, 3.63) is 30.1 Å². The van der Waals surface area contributed by atoms with Crippen LogP contribution in [0.25, 0.3) is 10.9 Å². The molecule has 0 saturated carbocycles. The molecule has 2 rings (SSSR count). The zero-order valence-electron chi connectivity index (χ0n) is 4.96. The van der Waals surface area contributed by atoms with Gasteiger partial charge in [0.1, 0.15) is 0 Å². The Labute approximate surface area is 55.8 Å². The zero-order chi connectivity index (χ0) is 6.10. The fourth-order valence-electron chi connectivity index (χ4n) is 1.00. The Hall–Kier alpha value is -0.893. The number of fused-ring (bicyclic) bond motifs is 1. The van der Waals surface area contributed by atoms with Crippen molar-refractivity contribution in [2.45, 2.75) is 0 Å². The van der Waals surface area contributed by atoms with E-state index in [1.807, 2.05) is 12.3 Å². The number of aromatic nitrogens is 1. The van der Waals surface area contributed by atoms with Crippen LogP contribution in [-0.2, 0) is 0 Å². The number of pyridine rings is 1. The van der Waals surface area contributed by atoms with Crippen molar-refractivity contribution in [3.63, 3.8) is 0 Å². The Morgan fingerprint density at radius 2 is 2.33 bits per heavy atom. The third-order valence-electron chi connectivity index (χ3n) is 1.46. The average molecular weight is 133 g/mol. The highest BCUT2D eigenvalue weighted by Gasteiger charge is 1.95. The zero-order valence-corrected chi connectivity index (χ0v) is 6.12. The second-order valence-electron chi connectivity index (χ2n) is 2.06. The molecule has 0 aromatic carbocycles. The molecule has 44 valence electrons. The van der Waals surface area contributed by atoms with Crippen molar-refractivity contribution in [2.75, 3.05) is 0 Å². The molecule has 0 saturated heterocycles. The van der Waals surface area contributed by atoms with Crippen LogP contribution in [0.4, 0.5) is 0 Å². The van der Waals surface area contributed by atoms with Crippen molar-refractivity contribution in [1.82, 2.24) is 4.98 Å². The summed E-state index contributed by atoms with van der Waals surface area (Å²) >= 11 is 0. The van der Waals surface area contributed by atoms with Gasteiger partial charge in [-0.25, -0.2) is 0 Å². The van der Waals surface area contributed by atoms with Crippen LogP contribution in [0.2, 0.25) is 0 Å². The number of H-pyrrole nitrogens is 1. The number of nitrogens with one attached hydrogen (secondary N) is 1. The summed E-state index contributed by atoms with van der Waals surface area (Å²) in [6.45, 7) is 0. The summed E-state index contributed by atoms with van der Waals surface area (Å²) in [4.78, 5) is 3.22. The van der Waals surface area contributed by atoms with Crippen LogP contribution >= 0.6 is 0 Å². The highest BCUT2D eigenvalue weighted by Crippen LogP contribution is 2.13. The molecule has 1 N–H and O–H groups in total. The van der Waals surface area contributed by atoms with E-state index >= 15 is 0 Å². The third-order valence-corrected chi connectivity index (χ3v) is 2.68. The largest absolute Gasteiger partial charge is 0.365 e. The smallest absolute Gasteiger partial charge is 0.0516 e. The summed E-state index contributed by atoms with van der Waals surface area (Å²) in [5.74, 6) is 0. The minimum absolute atomic E-state index is 0.400. The van der Waals surface area contributed by atoms with Crippen molar-refractivity contribution < 1.29 is 0 Å². The standard InChI is InChI=1S/C7H7NSi/c1-2-6-3-5-9-7(6)8-4-1/h1-5,8-9H. The Balaban J connectivity index is 2.79. The molecule has 9 heavy (non-hydrogen) atoms. The van der Waals surface area contributed by atoms with Gasteiger partial charge in [-0.3, -0.25) is 0 Å². The van der Waals surface area contributed by atoms with Crippen molar-refractivity contribution in [1.29, 1.82) is 0 Å². The lowest BCUT2D eigenvalue weighted by molar-refractivity contribution is 1.37. The third kappa shape index (κ3) is 0.714. The molecule has 0 unspecified atom stereocenters. The Kier molecular flexibility index (Phi) is 0.992. The van der Waals surface area contributed by atoms with Gasteiger partial charge >= 0.3 is 0 Å². The van der Waals surface area contributed by atoms with Crippen LogP contribution in [0.15, 0.2) is 30.1 Å². The Morgan fingerprint density at radius 3 is 3.22 bits per heavy atom. The van der Waals surface area contributed by atoms with Gasteiger partial charge in [0.05, 0.1) is 9.12 Å². The van der Waals surface area contributed by atoms with E-state index in [9.17, 15) is 0 Å². The second kappa shape index (κ2) is 1.81. The summed E-state index contributed by atoms with van der Waals surface area (Å²) in [6, 6.07) is 6.36. The summed E-state index contributed by atoms with van der Waals surface area (Å²) in [5, 5.41) is 1.41. The fourth-order valence-corrected chi connectivity index (χ4v) is 2.07. The molecule has 0 aromatic heterocycles. The maximum Gasteiger partial charge on any atom is 0.0516 e. The predicted octanol–water partition coefficient (Wildman–Crippen LogP) is 1.19. The van der Waals surface area contributed by atoms with E-state index in [-0.39, 0.29) is 0 Å². The number of rotatable bonds is 0. The van der Waals surface area contributed by atoms with E-state index in [0.29, 0.717) is 9.12 Å². The first-order valence-corrected chi connectivity index (χ1v) is 4.23. The summed E-state index contributed by atoms with van der Waals surface area (Å²) in [5.41, 5.74) is 3.62. The van der Waals surface area contributed by atoms with Crippen LogP contribution in [-0.4, -0.2) is 14.1 Å². The maximum atomic E-state index is 3.22. The van der Waals surface area contributed by atoms with Crippen LogP contribution in [0.1, 0.15) is 0 Å². The van der Waals surface area contributed by atoms with Crippen molar-refractivity contribution in [3.8, 4) is 10.9 Å². The average Bonchev–Trinajstić information content (AvgIpc) is 2.33. The molecule has 0 fully saturated rings. The molecule has 0 aromatic rings. The first-order valence-electron chi connectivity index (χ1n) is 2.99. The van der Waals surface area contributed by atoms with Crippen molar-refractivity contribution in [2.24, 2.45) is 0 Å². The van der Waals surface area contributed by atoms with E-state index < -0.39 is 0 Å². The monoisotopic (exact) mass is 133 g/mol. The van der Waals surface area contributed by atoms with Gasteiger partial charge in [-0.2, -0.15) is 0 Å². The molecule has 0 aliphatic carbocycles. The van der Waals surface area contributed by atoms with Crippen LogP contribution in [0.5, 0.6) is 0 Å². The first-order chi connectivity index (χ1) is 4.47. The van der Waals surface area contributed by atoms with Crippen LogP contribution in [0, 0.1) is 0 Å². The highest BCUT2D eigenvalue weighted by molar-refractivity contribution is 6.39. The molecular weight excluding hydrogens is 126 g/mol. The van der Waals surface area contributed by atoms with E-state index in [1.165, 1.54) is 10.9 Å². The lowest BCUT2D eigenvalue weighted by Gasteiger charge is -1.94. The van der Waals surface area contributed by atoms with E-state index in [0.717, 1.165) is 0 Å². The lowest BCUT2D eigenvalue weighted by Crippen LogP contribution is -1.79. The minimum atomic E-state index is 0.400. The molecule has 2 heteroatoms. The topological polar surface area (TPSA) is 15.8 Å². The summed E-state index contributed by atoms with van der Waals surface area (Å²) in [6.07, 6.45) is 1.98. The van der Waals surface area contributed by atoms with Gasteiger partial charge in [0, 0.05) is 11.5 Å². The van der Waals surface area contributed by atoms with Gasteiger partial charge in [-0.1, -0.05) is 17.8 Å². The van der Waals surface area contributed by atoms with Crippen molar-refractivity contribution >= 4 is 9.12 Å².